The molecule has 1 saturated carbocycles. The van der Waals surface area contributed by atoms with E-state index in [1.165, 1.54) is 41.4 Å². The molecule has 5 heteroatoms. The largest absolute Gasteiger partial charge is 0.381 e. The minimum absolute atomic E-state index is 0.197. The highest BCUT2D eigenvalue weighted by atomic mass is 16.5. The highest BCUT2D eigenvalue weighted by molar-refractivity contribution is 5.96. The fraction of sp³-hybridized carbons (Fsp3) is 0.640. The van der Waals surface area contributed by atoms with Crippen molar-refractivity contribution in [3.05, 3.63) is 29.5 Å². The highest BCUT2D eigenvalue weighted by Gasteiger charge is 2.29. The van der Waals surface area contributed by atoms with E-state index in [2.05, 4.69) is 39.9 Å². The lowest BCUT2D eigenvalue weighted by Gasteiger charge is -2.34. The van der Waals surface area contributed by atoms with Crippen LogP contribution in [0.5, 0.6) is 0 Å². The molecule has 1 unspecified atom stereocenters. The third-order valence-corrected chi connectivity index (χ3v) is 7.41. The molecule has 1 saturated heterocycles. The van der Waals surface area contributed by atoms with Gasteiger partial charge in [-0.15, -0.1) is 0 Å². The number of anilines is 1. The summed E-state index contributed by atoms with van der Waals surface area (Å²) >= 11 is 0. The second kappa shape index (κ2) is 8.72. The van der Waals surface area contributed by atoms with Crippen molar-refractivity contribution in [1.29, 1.82) is 0 Å². The van der Waals surface area contributed by atoms with Gasteiger partial charge in [0, 0.05) is 73.5 Å². The van der Waals surface area contributed by atoms with Gasteiger partial charge in [-0.3, -0.25) is 9.69 Å². The van der Waals surface area contributed by atoms with Gasteiger partial charge in [0.25, 0.3) is 0 Å². The molecule has 2 fully saturated rings. The smallest absolute Gasteiger partial charge is 0.227 e. The van der Waals surface area contributed by atoms with E-state index in [-0.39, 0.29) is 11.8 Å². The maximum Gasteiger partial charge on any atom is 0.227 e. The molecule has 0 radical (unpaired) electrons. The van der Waals surface area contributed by atoms with Crippen LogP contribution in [0.15, 0.2) is 18.2 Å². The van der Waals surface area contributed by atoms with E-state index in [0.717, 1.165) is 70.6 Å². The first-order chi connectivity index (χ1) is 14.7. The maximum atomic E-state index is 12.5. The number of rotatable bonds is 5. The summed E-state index contributed by atoms with van der Waals surface area (Å²) < 4.78 is 8.24. The molecule has 0 spiro atoms. The molecule has 30 heavy (non-hydrogen) atoms. The SMILES string of the molecule is CCCn1c2c(c3cc(NC(=O)C4CCC4)ccc31)CN(C1CCCOCC1)CC2. The molecule has 1 aliphatic carbocycles. The minimum Gasteiger partial charge on any atom is -0.381 e. The van der Waals surface area contributed by atoms with Gasteiger partial charge in [-0.1, -0.05) is 13.3 Å². The second-order valence-corrected chi connectivity index (χ2v) is 9.34. The summed E-state index contributed by atoms with van der Waals surface area (Å²) in [7, 11) is 0. The number of aryl methyl sites for hydroxylation is 1. The molecule has 2 aromatic rings. The first-order valence-electron chi connectivity index (χ1n) is 12.0. The van der Waals surface area contributed by atoms with Crippen molar-refractivity contribution < 1.29 is 9.53 Å². The van der Waals surface area contributed by atoms with Crippen LogP contribution in [0.2, 0.25) is 0 Å². The Balaban J connectivity index is 1.45. The van der Waals surface area contributed by atoms with Gasteiger partial charge >= 0.3 is 0 Å². The number of amides is 1. The van der Waals surface area contributed by atoms with Crippen molar-refractivity contribution in [2.45, 2.75) is 77.4 Å². The molecule has 3 heterocycles. The highest BCUT2D eigenvalue weighted by Crippen LogP contribution is 2.35. The number of benzene rings is 1. The molecule has 162 valence electrons. The predicted octanol–water partition coefficient (Wildman–Crippen LogP) is 4.72. The van der Waals surface area contributed by atoms with Crippen molar-refractivity contribution in [3.63, 3.8) is 0 Å². The summed E-state index contributed by atoms with van der Waals surface area (Å²) in [6.45, 7) is 7.29. The average molecular weight is 410 g/mol. The lowest BCUT2D eigenvalue weighted by atomic mass is 9.85. The Morgan fingerprint density at radius 2 is 2.07 bits per heavy atom. The minimum atomic E-state index is 0.197. The van der Waals surface area contributed by atoms with Gasteiger partial charge < -0.3 is 14.6 Å². The van der Waals surface area contributed by atoms with E-state index in [1.54, 1.807) is 0 Å². The van der Waals surface area contributed by atoms with Crippen LogP contribution in [0.25, 0.3) is 10.9 Å². The molecular weight excluding hydrogens is 374 g/mol. The number of hydrogen-bond donors (Lipinski definition) is 1. The molecule has 1 amide bonds. The fourth-order valence-corrected chi connectivity index (χ4v) is 5.51. The molecule has 1 N–H and O–H groups in total. The van der Waals surface area contributed by atoms with Gasteiger partial charge in [0.1, 0.15) is 0 Å². The summed E-state index contributed by atoms with van der Waals surface area (Å²) in [5, 5.41) is 4.52. The Morgan fingerprint density at radius 1 is 1.17 bits per heavy atom. The van der Waals surface area contributed by atoms with Gasteiger partial charge in [0.05, 0.1) is 0 Å². The lowest BCUT2D eigenvalue weighted by Crippen LogP contribution is -2.39. The molecule has 0 bridgehead atoms. The van der Waals surface area contributed by atoms with Crippen molar-refractivity contribution in [3.8, 4) is 0 Å². The summed E-state index contributed by atoms with van der Waals surface area (Å²) in [4.78, 5) is 15.2. The van der Waals surface area contributed by atoms with E-state index in [9.17, 15) is 4.79 Å². The average Bonchev–Trinajstić information content (AvgIpc) is 2.87. The maximum absolute atomic E-state index is 12.5. The van der Waals surface area contributed by atoms with Gasteiger partial charge in [0.2, 0.25) is 5.91 Å². The Labute approximate surface area is 179 Å². The van der Waals surface area contributed by atoms with Crippen molar-refractivity contribution in [2.24, 2.45) is 5.92 Å². The van der Waals surface area contributed by atoms with Crippen LogP contribution in [0.4, 0.5) is 5.69 Å². The van der Waals surface area contributed by atoms with Crippen LogP contribution in [0, 0.1) is 5.92 Å². The number of fused-ring (bicyclic) bond motifs is 3. The number of carbonyl (C=O) groups excluding carboxylic acids is 1. The first kappa shape index (κ1) is 20.1. The van der Waals surface area contributed by atoms with E-state index in [0.29, 0.717) is 6.04 Å². The molecular formula is C25H35N3O2. The zero-order valence-corrected chi connectivity index (χ0v) is 18.3. The third-order valence-electron chi connectivity index (χ3n) is 7.41. The molecule has 5 nitrogen and oxygen atoms in total. The fourth-order valence-electron chi connectivity index (χ4n) is 5.51. The number of aromatic nitrogens is 1. The van der Waals surface area contributed by atoms with Crippen LogP contribution in [-0.4, -0.2) is 41.2 Å². The predicted molar refractivity (Wildman–Crippen MR) is 121 cm³/mol. The van der Waals surface area contributed by atoms with E-state index >= 15 is 0 Å². The van der Waals surface area contributed by atoms with Gasteiger partial charge in [-0.2, -0.15) is 0 Å². The molecule has 1 aromatic carbocycles. The summed E-state index contributed by atoms with van der Waals surface area (Å²) in [6.07, 6.45) is 9.07. The van der Waals surface area contributed by atoms with Crippen molar-refractivity contribution >= 4 is 22.5 Å². The van der Waals surface area contributed by atoms with Crippen LogP contribution < -0.4 is 5.32 Å². The quantitative estimate of drug-likeness (QED) is 0.777. The zero-order valence-electron chi connectivity index (χ0n) is 18.3. The van der Waals surface area contributed by atoms with E-state index < -0.39 is 0 Å². The molecule has 2 aliphatic heterocycles. The zero-order chi connectivity index (χ0) is 20.5. The Bertz CT molecular complexity index is 907. The van der Waals surface area contributed by atoms with Crippen LogP contribution in [-0.2, 0) is 29.0 Å². The molecule has 1 aromatic heterocycles. The Hall–Kier alpha value is -1.85. The van der Waals surface area contributed by atoms with Gasteiger partial charge in [-0.05, 0) is 62.3 Å². The molecule has 5 rings (SSSR count). The number of ether oxygens (including phenoxy) is 1. The normalized spacial score (nSPS) is 23.0. The van der Waals surface area contributed by atoms with E-state index in [1.807, 2.05) is 0 Å². The summed E-state index contributed by atoms with van der Waals surface area (Å²) in [6, 6.07) is 7.18. The monoisotopic (exact) mass is 409 g/mol. The lowest BCUT2D eigenvalue weighted by molar-refractivity contribution is -0.122. The number of nitrogens with one attached hydrogen (secondary N) is 1. The Morgan fingerprint density at radius 3 is 2.87 bits per heavy atom. The summed E-state index contributed by atoms with van der Waals surface area (Å²) in [5.74, 6) is 0.412. The molecule has 3 aliphatic rings. The second-order valence-electron chi connectivity index (χ2n) is 9.34. The van der Waals surface area contributed by atoms with Crippen LogP contribution >= 0.6 is 0 Å². The third kappa shape index (κ3) is 3.78. The van der Waals surface area contributed by atoms with Crippen molar-refractivity contribution in [1.82, 2.24) is 9.47 Å². The number of nitrogens with zero attached hydrogens (tertiary/aromatic N) is 2. The van der Waals surface area contributed by atoms with Crippen molar-refractivity contribution in [2.75, 3.05) is 25.1 Å². The number of carbonyl (C=O) groups is 1. The number of hydrogen-bond acceptors (Lipinski definition) is 3. The van der Waals surface area contributed by atoms with E-state index in [4.69, 9.17) is 4.74 Å². The topological polar surface area (TPSA) is 46.5 Å². The van der Waals surface area contributed by atoms with Gasteiger partial charge in [-0.25, -0.2) is 0 Å². The first-order valence-corrected chi connectivity index (χ1v) is 12.0. The summed E-state index contributed by atoms with van der Waals surface area (Å²) in [5.41, 5.74) is 5.27. The van der Waals surface area contributed by atoms with Crippen LogP contribution in [0.3, 0.4) is 0 Å². The molecule has 1 atom stereocenters. The Kier molecular flexibility index (Phi) is 5.83. The van der Waals surface area contributed by atoms with Crippen LogP contribution in [0.1, 0.15) is 63.1 Å². The standard InChI is InChI=1S/C25H35N3O2/c1-2-12-28-23-9-8-19(26-25(29)18-5-3-6-18)16-21(23)22-17-27(13-10-24(22)28)20-7-4-14-30-15-11-20/h8-9,16,18,20H,2-7,10-15,17H2,1H3,(H,26,29). The van der Waals surface area contributed by atoms with Gasteiger partial charge in [0.15, 0.2) is 0 Å².